The second kappa shape index (κ2) is 5.99. The summed E-state index contributed by atoms with van der Waals surface area (Å²) in [5, 5.41) is 3.20. The Labute approximate surface area is 120 Å². The molecule has 5 heteroatoms. The highest BCUT2D eigenvalue weighted by Gasteiger charge is 2.15. The summed E-state index contributed by atoms with van der Waals surface area (Å²) in [5.41, 5.74) is 2.20. The smallest absolute Gasteiger partial charge is 0.340 e. The topological polar surface area (TPSA) is 39.2 Å². The lowest BCUT2D eigenvalue weighted by molar-refractivity contribution is -0.133. The highest BCUT2D eigenvalue weighted by Crippen LogP contribution is 2.23. The summed E-state index contributed by atoms with van der Waals surface area (Å²) in [6.07, 6.45) is 1.75. The summed E-state index contributed by atoms with van der Waals surface area (Å²) >= 11 is 7.25. The molecule has 19 heavy (non-hydrogen) atoms. The third kappa shape index (κ3) is 3.43. The molecule has 0 fully saturated rings. The van der Waals surface area contributed by atoms with Gasteiger partial charge in [0.05, 0.1) is 12.7 Å². The van der Waals surface area contributed by atoms with E-state index in [1.54, 1.807) is 18.2 Å². The maximum atomic E-state index is 11.8. The quantitative estimate of drug-likeness (QED) is 0.638. The lowest BCUT2D eigenvalue weighted by atomic mass is 10.1. The number of carbonyl (C=O) groups excluding carboxylic acids is 1. The van der Waals surface area contributed by atoms with Crippen molar-refractivity contribution in [2.75, 3.05) is 7.11 Å². The van der Waals surface area contributed by atoms with E-state index in [0.29, 0.717) is 15.6 Å². The maximum absolute atomic E-state index is 11.8. The molecular weight excluding hydrogens is 282 g/mol. The van der Waals surface area contributed by atoms with E-state index in [1.807, 2.05) is 24.4 Å². The summed E-state index contributed by atoms with van der Waals surface area (Å²) in [6, 6.07) is 7.22. The van der Waals surface area contributed by atoms with Crippen molar-refractivity contribution in [3.63, 3.8) is 0 Å². The number of benzene rings is 1. The van der Waals surface area contributed by atoms with Crippen molar-refractivity contribution in [3.05, 3.63) is 50.9 Å². The van der Waals surface area contributed by atoms with Crippen molar-refractivity contribution in [3.8, 4) is 0 Å². The molecule has 0 aliphatic heterocycles. The molecule has 0 amide bonds. The monoisotopic (exact) mass is 293 g/mol. The molecule has 0 saturated heterocycles. The Hall–Kier alpha value is -1.65. The molecular formula is C14H12ClNO2S. The number of esters is 1. The van der Waals surface area contributed by atoms with Crippen molar-refractivity contribution in [1.82, 2.24) is 4.98 Å². The summed E-state index contributed by atoms with van der Waals surface area (Å²) < 4.78 is 4.81. The molecule has 1 aromatic heterocycles. The Kier molecular flexibility index (Phi) is 4.35. The molecule has 0 atom stereocenters. The number of nitrogens with zero attached hydrogens (tertiary/aromatic N) is 1. The van der Waals surface area contributed by atoms with Crippen LogP contribution in [0.15, 0.2) is 29.6 Å². The van der Waals surface area contributed by atoms with Gasteiger partial charge in [-0.15, -0.1) is 11.3 Å². The van der Waals surface area contributed by atoms with Crippen LogP contribution in [0.1, 0.15) is 16.3 Å². The Morgan fingerprint density at radius 3 is 2.58 bits per heavy atom. The molecule has 0 aliphatic carbocycles. The van der Waals surface area contributed by atoms with Crippen LogP contribution in [0.4, 0.5) is 0 Å². The SMILES string of the molecule is COC(=O)/C(=C\c1ccc(Cl)cc1)c1nc(C)cs1. The van der Waals surface area contributed by atoms with Gasteiger partial charge in [-0.2, -0.15) is 0 Å². The molecule has 0 radical (unpaired) electrons. The van der Waals surface area contributed by atoms with E-state index in [9.17, 15) is 4.79 Å². The van der Waals surface area contributed by atoms with E-state index >= 15 is 0 Å². The Bertz CT molecular complexity index is 617. The largest absolute Gasteiger partial charge is 0.465 e. The fourth-order valence-electron chi connectivity index (χ4n) is 1.52. The first-order valence-corrected chi connectivity index (χ1v) is 6.84. The number of hydrogen-bond donors (Lipinski definition) is 0. The fraction of sp³-hybridized carbons (Fsp3) is 0.143. The van der Waals surface area contributed by atoms with E-state index < -0.39 is 5.97 Å². The van der Waals surface area contributed by atoms with Gasteiger partial charge in [-0.1, -0.05) is 23.7 Å². The number of carbonyl (C=O) groups is 1. The lowest BCUT2D eigenvalue weighted by Crippen LogP contribution is -2.03. The second-order valence-electron chi connectivity index (χ2n) is 3.90. The van der Waals surface area contributed by atoms with Crippen LogP contribution >= 0.6 is 22.9 Å². The van der Waals surface area contributed by atoms with Crippen LogP contribution in [-0.4, -0.2) is 18.1 Å². The molecule has 0 saturated carbocycles. The number of aryl methyl sites for hydroxylation is 1. The predicted octanol–water partition coefficient (Wildman–Crippen LogP) is 3.82. The standard InChI is InChI=1S/C14H12ClNO2S/c1-9-8-19-13(16-9)12(14(17)18-2)7-10-3-5-11(15)6-4-10/h3-8H,1-2H3/b12-7-. The molecule has 2 rings (SSSR count). The van der Waals surface area contributed by atoms with Gasteiger partial charge >= 0.3 is 5.97 Å². The number of thiazole rings is 1. The molecule has 0 bridgehead atoms. The fourth-order valence-corrected chi connectivity index (χ4v) is 2.45. The van der Waals surface area contributed by atoms with E-state index in [0.717, 1.165) is 11.3 Å². The van der Waals surface area contributed by atoms with Crippen LogP contribution in [0, 0.1) is 6.92 Å². The molecule has 1 aromatic carbocycles. The van der Waals surface area contributed by atoms with Gasteiger partial charge in [0.15, 0.2) is 0 Å². The highest BCUT2D eigenvalue weighted by atomic mass is 35.5. The number of methoxy groups -OCH3 is 1. The average molecular weight is 294 g/mol. The van der Waals surface area contributed by atoms with Crippen molar-refractivity contribution in [1.29, 1.82) is 0 Å². The molecule has 0 spiro atoms. The summed E-state index contributed by atoms with van der Waals surface area (Å²) in [5.74, 6) is -0.399. The van der Waals surface area contributed by atoms with Gasteiger partial charge in [-0.25, -0.2) is 9.78 Å². The molecule has 1 heterocycles. The van der Waals surface area contributed by atoms with Gasteiger partial charge in [0, 0.05) is 16.1 Å². The molecule has 98 valence electrons. The summed E-state index contributed by atoms with van der Waals surface area (Å²) in [6.45, 7) is 1.89. The Balaban J connectivity index is 2.43. The molecule has 0 aliphatic rings. The number of hydrogen-bond acceptors (Lipinski definition) is 4. The van der Waals surface area contributed by atoms with Crippen LogP contribution in [0.3, 0.4) is 0 Å². The van der Waals surface area contributed by atoms with Gasteiger partial charge in [-0.05, 0) is 30.7 Å². The van der Waals surface area contributed by atoms with Gasteiger partial charge in [0.25, 0.3) is 0 Å². The van der Waals surface area contributed by atoms with Gasteiger partial charge in [0.2, 0.25) is 0 Å². The van der Waals surface area contributed by atoms with Crippen LogP contribution < -0.4 is 0 Å². The maximum Gasteiger partial charge on any atom is 0.340 e. The zero-order valence-corrected chi connectivity index (χ0v) is 12.1. The Morgan fingerprint density at radius 1 is 1.37 bits per heavy atom. The normalized spacial score (nSPS) is 11.4. The highest BCUT2D eigenvalue weighted by molar-refractivity contribution is 7.11. The number of rotatable bonds is 3. The molecule has 3 nitrogen and oxygen atoms in total. The minimum absolute atomic E-state index is 0.399. The van der Waals surface area contributed by atoms with E-state index in [1.165, 1.54) is 18.4 Å². The van der Waals surface area contributed by atoms with Crippen molar-refractivity contribution < 1.29 is 9.53 Å². The van der Waals surface area contributed by atoms with Crippen LogP contribution in [-0.2, 0) is 9.53 Å². The number of halogens is 1. The number of aromatic nitrogens is 1. The third-order valence-electron chi connectivity index (χ3n) is 2.44. The van der Waals surface area contributed by atoms with Crippen LogP contribution in [0.2, 0.25) is 5.02 Å². The minimum Gasteiger partial charge on any atom is -0.465 e. The van der Waals surface area contributed by atoms with Crippen LogP contribution in [0.25, 0.3) is 11.6 Å². The van der Waals surface area contributed by atoms with E-state index in [2.05, 4.69) is 4.98 Å². The Morgan fingerprint density at radius 2 is 2.05 bits per heavy atom. The van der Waals surface area contributed by atoms with Gasteiger partial charge in [0.1, 0.15) is 5.01 Å². The van der Waals surface area contributed by atoms with Crippen molar-refractivity contribution >= 4 is 40.6 Å². The minimum atomic E-state index is -0.399. The summed E-state index contributed by atoms with van der Waals surface area (Å²) in [4.78, 5) is 16.2. The first kappa shape index (κ1) is 13.8. The van der Waals surface area contributed by atoms with E-state index in [-0.39, 0.29) is 0 Å². The zero-order chi connectivity index (χ0) is 13.8. The first-order chi connectivity index (χ1) is 9.10. The second-order valence-corrected chi connectivity index (χ2v) is 5.19. The average Bonchev–Trinajstić information content (AvgIpc) is 2.83. The van der Waals surface area contributed by atoms with Gasteiger partial charge in [-0.3, -0.25) is 0 Å². The van der Waals surface area contributed by atoms with Crippen molar-refractivity contribution in [2.45, 2.75) is 6.92 Å². The molecule has 0 unspecified atom stereocenters. The van der Waals surface area contributed by atoms with Crippen LogP contribution in [0.5, 0.6) is 0 Å². The van der Waals surface area contributed by atoms with Crippen molar-refractivity contribution in [2.24, 2.45) is 0 Å². The molecule has 2 aromatic rings. The predicted molar refractivity (Wildman–Crippen MR) is 78.2 cm³/mol. The summed E-state index contributed by atoms with van der Waals surface area (Å²) in [7, 11) is 1.36. The van der Waals surface area contributed by atoms with E-state index in [4.69, 9.17) is 16.3 Å². The number of ether oxygens (including phenoxy) is 1. The van der Waals surface area contributed by atoms with Gasteiger partial charge < -0.3 is 4.74 Å². The molecule has 0 N–H and O–H groups in total. The lowest BCUT2D eigenvalue weighted by Gasteiger charge is -2.02. The zero-order valence-electron chi connectivity index (χ0n) is 10.5. The first-order valence-electron chi connectivity index (χ1n) is 5.58. The third-order valence-corrected chi connectivity index (χ3v) is 3.68.